The zero-order valence-corrected chi connectivity index (χ0v) is 7.82. The van der Waals surface area contributed by atoms with Crippen LogP contribution in [0.2, 0.25) is 0 Å². The molecule has 0 saturated heterocycles. The lowest BCUT2D eigenvalue weighted by atomic mass is 10.2. The predicted molar refractivity (Wildman–Crippen MR) is 52.0 cm³/mol. The Hall–Kier alpha value is -1.85. The molecule has 0 atom stereocenters. The van der Waals surface area contributed by atoms with Gasteiger partial charge in [-0.3, -0.25) is 4.79 Å². The summed E-state index contributed by atoms with van der Waals surface area (Å²) in [4.78, 5) is 18.4. The number of nitrogen functional groups attached to an aromatic ring is 1. The minimum absolute atomic E-state index is 0.104. The van der Waals surface area contributed by atoms with Gasteiger partial charge in [0.2, 0.25) is 11.7 Å². The molecular weight excluding hydrogens is 182 g/mol. The van der Waals surface area contributed by atoms with Gasteiger partial charge in [-0.15, -0.1) is 5.10 Å². The molecular formula is C8H11N5O. The maximum absolute atomic E-state index is 11.5. The summed E-state index contributed by atoms with van der Waals surface area (Å²) < 4.78 is 1.16. The fourth-order valence-electron chi connectivity index (χ4n) is 1.36. The lowest BCUT2D eigenvalue weighted by molar-refractivity contribution is 0.839. The summed E-state index contributed by atoms with van der Waals surface area (Å²) in [5, 5.41) is 3.75. The first-order chi connectivity index (χ1) is 6.70. The Labute approximate surface area is 79.8 Å². The van der Waals surface area contributed by atoms with Gasteiger partial charge in [-0.25, -0.2) is 0 Å². The molecule has 2 rings (SSSR count). The molecule has 2 aromatic rings. The summed E-state index contributed by atoms with van der Waals surface area (Å²) in [5.41, 5.74) is 6.04. The quantitative estimate of drug-likeness (QED) is 0.699. The lowest BCUT2D eigenvalue weighted by Crippen LogP contribution is -2.15. The Kier molecular flexibility index (Phi) is 1.95. The van der Waals surface area contributed by atoms with Crippen molar-refractivity contribution < 1.29 is 0 Å². The Bertz CT molecular complexity index is 512. The second-order valence-electron chi connectivity index (χ2n) is 3.09. The van der Waals surface area contributed by atoms with E-state index >= 15 is 0 Å². The van der Waals surface area contributed by atoms with Crippen LogP contribution in [0.25, 0.3) is 5.78 Å². The SMILES string of the molecule is CCCc1cc(=O)n2nc(N)nc2[nH]1. The van der Waals surface area contributed by atoms with E-state index in [1.807, 2.05) is 6.92 Å². The maximum Gasteiger partial charge on any atom is 0.275 e. The number of hydrogen-bond acceptors (Lipinski definition) is 4. The molecule has 0 aliphatic carbocycles. The number of rotatable bonds is 2. The van der Waals surface area contributed by atoms with E-state index in [-0.39, 0.29) is 11.5 Å². The first-order valence-electron chi connectivity index (χ1n) is 4.45. The van der Waals surface area contributed by atoms with Gasteiger partial charge < -0.3 is 10.7 Å². The van der Waals surface area contributed by atoms with Crippen molar-refractivity contribution in [2.24, 2.45) is 0 Å². The lowest BCUT2D eigenvalue weighted by Gasteiger charge is -1.97. The van der Waals surface area contributed by atoms with E-state index in [9.17, 15) is 4.79 Å². The van der Waals surface area contributed by atoms with Crippen molar-refractivity contribution in [1.82, 2.24) is 19.6 Å². The van der Waals surface area contributed by atoms with Crippen LogP contribution >= 0.6 is 0 Å². The van der Waals surface area contributed by atoms with Crippen molar-refractivity contribution in [3.8, 4) is 0 Å². The molecule has 0 saturated carbocycles. The molecule has 2 aromatic heterocycles. The minimum Gasteiger partial charge on any atom is -0.366 e. The fourth-order valence-corrected chi connectivity index (χ4v) is 1.36. The number of nitrogens with two attached hydrogens (primary N) is 1. The van der Waals surface area contributed by atoms with Gasteiger partial charge >= 0.3 is 0 Å². The number of nitrogens with zero attached hydrogens (tertiary/aromatic N) is 3. The molecule has 0 radical (unpaired) electrons. The highest BCUT2D eigenvalue weighted by atomic mass is 16.1. The number of aromatic nitrogens is 4. The number of hydrogen-bond donors (Lipinski definition) is 2. The van der Waals surface area contributed by atoms with Crippen molar-refractivity contribution in [2.75, 3.05) is 5.73 Å². The maximum atomic E-state index is 11.5. The van der Waals surface area contributed by atoms with Crippen molar-refractivity contribution in [1.29, 1.82) is 0 Å². The fraction of sp³-hybridized carbons (Fsp3) is 0.375. The number of anilines is 1. The van der Waals surface area contributed by atoms with Crippen molar-refractivity contribution in [3.63, 3.8) is 0 Å². The molecule has 0 aromatic carbocycles. The number of nitrogens with one attached hydrogen (secondary N) is 1. The van der Waals surface area contributed by atoms with E-state index in [1.165, 1.54) is 6.07 Å². The number of aryl methyl sites for hydroxylation is 1. The third-order valence-electron chi connectivity index (χ3n) is 1.92. The summed E-state index contributed by atoms with van der Waals surface area (Å²) in [6.07, 6.45) is 1.79. The molecule has 6 heteroatoms. The second-order valence-corrected chi connectivity index (χ2v) is 3.09. The average molecular weight is 193 g/mol. The minimum atomic E-state index is -0.202. The van der Waals surface area contributed by atoms with Gasteiger partial charge in [0.25, 0.3) is 5.56 Å². The van der Waals surface area contributed by atoms with Crippen LogP contribution in [0, 0.1) is 0 Å². The molecule has 74 valence electrons. The highest BCUT2D eigenvalue weighted by molar-refractivity contribution is 5.34. The van der Waals surface area contributed by atoms with Gasteiger partial charge in [-0.05, 0) is 6.42 Å². The molecule has 0 bridgehead atoms. The molecule has 0 aliphatic rings. The molecule has 0 unspecified atom stereocenters. The van der Waals surface area contributed by atoms with Gasteiger partial charge in [0.1, 0.15) is 0 Å². The summed E-state index contributed by atoms with van der Waals surface area (Å²) >= 11 is 0. The van der Waals surface area contributed by atoms with Crippen LogP contribution in [-0.2, 0) is 6.42 Å². The van der Waals surface area contributed by atoms with Crippen LogP contribution in [0.15, 0.2) is 10.9 Å². The van der Waals surface area contributed by atoms with Crippen LogP contribution < -0.4 is 11.3 Å². The molecule has 0 fully saturated rings. The zero-order valence-electron chi connectivity index (χ0n) is 7.82. The van der Waals surface area contributed by atoms with E-state index < -0.39 is 0 Å². The van der Waals surface area contributed by atoms with Crippen molar-refractivity contribution in [2.45, 2.75) is 19.8 Å². The van der Waals surface area contributed by atoms with E-state index in [0.717, 1.165) is 23.1 Å². The van der Waals surface area contributed by atoms with Crippen LogP contribution in [-0.4, -0.2) is 19.6 Å². The second kappa shape index (κ2) is 3.13. The molecule has 2 heterocycles. The van der Waals surface area contributed by atoms with Crippen LogP contribution in [0.3, 0.4) is 0 Å². The topological polar surface area (TPSA) is 89.1 Å². The summed E-state index contributed by atoms with van der Waals surface area (Å²) in [6.45, 7) is 2.04. The third kappa shape index (κ3) is 1.34. The van der Waals surface area contributed by atoms with E-state index in [4.69, 9.17) is 5.73 Å². The van der Waals surface area contributed by atoms with Gasteiger partial charge in [0.05, 0.1) is 0 Å². The average Bonchev–Trinajstić information content (AvgIpc) is 2.47. The normalized spacial score (nSPS) is 10.9. The van der Waals surface area contributed by atoms with E-state index in [2.05, 4.69) is 15.1 Å². The van der Waals surface area contributed by atoms with Crippen LogP contribution in [0.1, 0.15) is 19.0 Å². The van der Waals surface area contributed by atoms with Crippen molar-refractivity contribution >= 4 is 11.7 Å². The zero-order chi connectivity index (χ0) is 10.1. The molecule has 0 spiro atoms. The number of H-pyrrole nitrogens is 1. The van der Waals surface area contributed by atoms with Crippen molar-refractivity contribution in [3.05, 3.63) is 22.1 Å². The Morgan fingerprint density at radius 3 is 3.14 bits per heavy atom. The third-order valence-corrected chi connectivity index (χ3v) is 1.92. The highest BCUT2D eigenvalue weighted by Crippen LogP contribution is 2.00. The first kappa shape index (κ1) is 8.74. The summed E-state index contributed by atoms with van der Waals surface area (Å²) in [5.74, 6) is 0.505. The van der Waals surface area contributed by atoms with Gasteiger partial charge in [-0.1, -0.05) is 13.3 Å². The Morgan fingerprint density at radius 2 is 2.43 bits per heavy atom. The van der Waals surface area contributed by atoms with E-state index in [1.54, 1.807) is 0 Å². The van der Waals surface area contributed by atoms with Crippen LogP contribution in [0.4, 0.5) is 5.95 Å². The highest BCUT2D eigenvalue weighted by Gasteiger charge is 2.04. The smallest absolute Gasteiger partial charge is 0.275 e. The number of aromatic amines is 1. The largest absolute Gasteiger partial charge is 0.366 e. The molecule has 3 N–H and O–H groups in total. The Morgan fingerprint density at radius 1 is 1.64 bits per heavy atom. The van der Waals surface area contributed by atoms with E-state index in [0.29, 0.717) is 5.78 Å². The van der Waals surface area contributed by atoms with Gasteiger partial charge in [0, 0.05) is 11.8 Å². The Balaban J connectivity index is 2.65. The van der Waals surface area contributed by atoms with Crippen LogP contribution in [0.5, 0.6) is 0 Å². The summed E-state index contributed by atoms with van der Waals surface area (Å²) in [7, 11) is 0. The summed E-state index contributed by atoms with van der Waals surface area (Å²) in [6, 6.07) is 1.52. The van der Waals surface area contributed by atoms with Gasteiger partial charge in [0.15, 0.2) is 0 Å². The molecule has 6 nitrogen and oxygen atoms in total. The molecule has 0 aliphatic heterocycles. The first-order valence-corrected chi connectivity index (χ1v) is 4.45. The monoisotopic (exact) mass is 193 g/mol. The van der Waals surface area contributed by atoms with Gasteiger partial charge in [-0.2, -0.15) is 9.50 Å². The predicted octanol–water partition coefficient (Wildman–Crippen LogP) is -0.0477. The number of fused-ring (bicyclic) bond motifs is 1. The standard InChI is InChI=1S/C8H11N5O/c1-2-3-5-4-6(14)13-8(10-5)11-7(9)12-13/h4H,2-3H2,1H3,(H3,9,10,11,12). The molecule has 0 amide bonds. The molecule has 14 heavy (non-hydrogen) atoms.